The van der Waals surface area contributed by atoms with Crippen LogP contribution in [0.4, 0.5) is 4.39 Å². The van der Waals surface area contributed by atoms with Gasteiger partial charge in [-0.05, 0) is 59.5 Å². The lowest BCUT2D eigenvalue weighted by molar-refractivity contribution is -0.135. The van der Waals surface area contributed by atoms with Crippen LogP contribution in [0.3, 0.4) is 0 Å². The number of rotatable bonds is 9. The molecule has 0 spiro atoms. The van der Waals surface area contributed by atoms with Crippen molar-refractivity contribution in [2.45, 2.75) is 32.4 Å². The van der Waals surface area contributed by atoms with Gasteiger partial charge in [0.1, 0.15) is 5.82 Å². The molecule has 1 aliphatic rings. The van der Waals surface area contributed by atoms with E-state index in [2.05, 4.69) is 22.0 Å². The topological polar surface area (TPSA) is 71.8 Å². The molecular weight excluding hydrogens is 467 g/mol. The van der Waals surface area contributed by atoms with Crippen molar-refractivity contribution >= 4 is 21.8 Å². The van der Waals surface area contributed by atoms with Gasteiger partial charge >= 0.3 is 0 Å². The lowest BCUT2D eigenvalue weighted by atomic mass is 10.1. The third-order valence-electron chi connectivity index (χ3n) is 4.84. The van der Waals surface area contributed by atoms with Gasteiger partial charge in [0.25, 0.3) is 5.91 Å². The summed E-state index contributed by atoms with van der Waals surface area (Å²) in [6.07, 6.45) is 1.79. The summed E-state index contributed by atoms with van der Waals surface area (Å²) in [6, 6.07) is 11.4. The van der Waals surface area contributed by atoms with Crippen LogP contribution < -0.4 is 9.47 Å². The highest BCUT2D eigenvalue weighted by atomic mass is 79.9. The number of hydrogen-bond acceptors (Lipinski definition) is 5. The number of ether oxygens (including phenoxy) is 3. The van der Waals surface area contributed by atoms with Gasteiger partial charge in [0.05, 0.1) is 28.8 Å². The van der Waals surface area contributed by atoms with Crippen LogP contribution in [-0.2, 0) is 16.1 Å². The Morgan fingerprint density at radius 3 is 2.87 bits per heavy atom. The van der Waals surface area contributed by atoms with Crippen LogP contribution in [0.2, 0.25) is 0 Å². The molecule has 6 nitrogen and oxygen atoms in total. The third-order valence-corrected chi connectivity index (χ3v) is 5.43. The van der Waals surface area contributed by atoms with E-state index in [0.29, 0.717) is 46.9 Å². The highest BCUT2D eigenvalue weighted by molar-refractivity contribution is 9.10. The molecule has 1 saturated heterocycles. The fourth-order valence-electron chi connectivity index (χ4n) is 3.41. The monoisotopic (exact) mass is 490 g/mol. The minimum absolute atomic E-state index is 0.0434. The molecule has 164 valence electrons. The molecule has 1 atom stereocenters. The van der Waals surface area contributed by atoms with Gasteiger partial charge in [-0.1, -0.05) is 12.1 Å². The molecule has 1 unspecified atom stereocenters. The number of nitrogens with zero attached hydrogens (tertiary/aromatic N) is 2. The first-order valence-corrected chi connectivity index (χ1v) is 10.9. The van der Waals surface area contributed by atoms with Crippen molar-refractivity contribution < 1.29 is 23.4 Å². The van der Waals surface area contributed by atoms with E-state index >= 15 is 0 Å². The normalized spacial score (nSPS) is 15.4. The number of benzene rings is 2. The maximum atomic E-state index is 13.6. The van der Waals surface area contributed by atoms with Crippen molar-refractivity contribution in [2.24, 2.45) is 0 Å². The summed E-state index contributed by atoms with van der Waals surface area (Å²) in [5, 5.41) is 9.17. The number of halogens is 2. The second kappa shape index (κ2) is 11.1. The molecule has 31 heavy (non-hydrogen) atoms. The Morgan fingerprint density at radius 1 is 1.35 bits per heavy atom. The summed E-state index contributed by atoms with van der Waals surface area (Å²) >= 11 is 3.39. The molecule has 2 aromatic carbocycles. The molecule has 1 aliphatic heterocycles. The van der Waals surface area contributed by atoms with Gasteiger partial charge in [0.2, 0.25) is 0 Å². The lowest BCUT2D eigenvalue weighted by Gasteiger charge is -2.26. The van der Waals surface area contributed by atoms with Crippen molar-refractivity contribution in [1.82, 2.24) is 4.90 Å². The molecule has 0 aromatic heterocycles. The van der Waals surface area contributed by atoms with Crippen molar-refractivity contribution in [3.8, 4) is 17.6 Å². The van der Waals surface area contributed by atoms with Crippen molar-refractivity contribution in [2.75, 3.05) is 26.4 Å². The van der Waals surface area contributed by atoms with E-state index in [1.165, 1.54) is 12.1 Å². The molecule has 0 N–H and O–H groups in total. The first-order valence-electron chi connectivity index (χ1n) is 10.1. The maximum absolute atomic E-state index is 13.6. The molecule has 0 saturated carbocycles. The largest absolute Gasteiger partial charge is 0.490 e. The second-order valence-electron chi connectivity index (χ2n) is 7.16. The average molecular weight is 491 g/mol. The molecule has 1 heterocycles. The Kier molecular flexibility index (Phi) is 8.27. The van der Waals surface area contributed by atoms with Gasteiger partial charge in [-0.15, -0.1) is 0 Å². The third kappa shape index (κ3) is 6.42. The maximum Gasteiger partial charge on any atom is 0.260 e. The van der Waals surface area contributed by atoms with Crippen LogP contribution in [0.15, 0.2) is 40.9 Å². The number of carbonyl (C=O) groups is 1. The zero-order valence-corrected chi connectivity index (χ0v) is 18.9. The standard InChI is InChI=1S/C23H24BrFN2O4/c1-2-29-21-11-17(12-26)10-20(24)23(21)31-15-22(28)27(14-19-7-4-8-30-19)13-16-5-3-6-18(25)9-16/h3,5-6,9-11,19H,2,4,7-8,13-15H2,1H3. The van der Waals surface area contributed by atoms with E-state index in [4.69, 9.17) is 19.5 Å². The van der Waals surface area contributed by atoms with Crippen LogP contribution in [-0.4, -0.2) is 43.3 Å². The smallest absolute Gasteiger partial charge is 0.260 e. The van der Waals surface area contributed by atoms with Gasteiger partial charge in [0, 0.05) is 25.8 Å². The van der Waals surface area contributed by atoms with Crippen LogP contribution in [0.25, 0.3) is 0 Å². The first kappa shape index (κ1) is 23.0. The number of amides is 1. The predicted octanol–water partition coefficient (Wildman–Crippen LogP) is 4.45. The predicted molar refractivity (Wildman–Crippen MR) is 116 cm³/mol. The molecule has 0 radical (unpaired) electrons. The Balaban J connectivity index is 1.74. The Labute approximate surface area is 189 Å². The quantitative estimate of drug-likeness (QED) is 0.519. The molecule has 0 aliphatic carbocycles. The fourth-order valence-corrected chi connectivity index (χ4v) is 3.96. The summed E-state index contributed by atoms with van der Waals surface area (Å²) in [5.41, 5.74) is 1.11. The first-order chi connectivity index (χ1) is 15.0. The minimum Gasteiger partial charge on any atom is -0.490 e. The summed E-state index contributed by atoms with van der Waals surface area (Å²) in [7, 11) is 0. The van der Waals surface area contributed by atoms with Crippen LogP contribution in [0.5, 0.6) is 11.5 Å². The Morgan fingerprint density at radius 2 is 2.19 bits per heavy atom. The number of carbonyl (C=O) groups excluding carboxylic acids is 1. The van der Waals surface area contributed by atoms with E-state index in [0.717, 1.165) is 12.8 Å². The summed E-state index contributed by atoms with van der Waals surface area (Å²) in [6.45, 7) is 3.32. The molecule has 8 heteroatoms. The number of nitriles is 1. The highest BCUT2D eigenvalue weighted by Gasteiger charge is 2.24. The van der Waals surface area contributed by atoms with E-state index < -0.39 is 0 Å². The van der Waals surface area contributed by atoms with Crippen LogP contribution in [0, 0.1) is 17.1 Å². The lowest BCUT2D eigenvalue weighted by Crippen LogP contribution is -2.39. The molecule has 1 amide bonds. The average Bonchev–Trinajstić information content (AvgIpc) is 3.25. The van der Waals surface area contributed by atoms with Crippen LogP contribution >= 0.6 is 15.9 Å². The number of hydrogen-bond donors (Lipinski definition) is 0. The molecule has 0 bridgehead atoms. The van der Waals surface area contributed by atoms with Crippen molar-refractivity contribution in [3.05, 3.63) is 57.8 Å². The molecular formula is C23H24BrFN2O4. The zero-order valence-electron chi connectivity index (χ0n) is 17.3. The summed E-state index contributed by atoms with van der Waals surface area (Å²) in [4.78, 5) is 14.7. The van der Waals surface area contributed by atoms with Crippen molar-refractivity contribution in [1.29, 1.82) is 5.26 Å². The zero-order chi connectivity index (χ0) is 22.2. The SMILES string of the molecule is CCOc1cc(C#N)cc(Br)c1OCC(=O)N(Cc1cccc(F)c1)CC1CCCO1. The van der Waals surface area contributed by atoms with Crippen molar-refractivity contribution in [3.63, 3.8) is 0 Å². The van der Waals surface area contributed by atoms with Gasteiger partial charge in [-0.25, -0.2) is 4.39 Å². The van der Waals surface area contributed by atoms with Gasteiger partial charge in [-0.2, -0.15) is 5.26 Å². The van der Waals surface area contributed by atoms with E-state index in [1.54, 1.807) is 29.2 Å². The van der Waals surface area contributed by atoms with E-state index in [-0.39, 0.29) is 31.0 Å². The molecule has 2 aromatic rings. The highest BCUT2D eigenvalue weighted by Crippen LogP contribution is 2.36. The molecule has 3 rings (SSSR count). The van der Waals surface area contributed by atoms with Gasteiger partial charge < -0.3 is 19.1 Å². The summed E-state index contributed by atoms with van der Waals surface area (Å²) in [5.74, 6) is 0.147. The Bertz CT molecular complexity index is 957. The fraction of sp³-hybridized carbons (Fsp3) is 0.391. The van der Waals surface area contributed by atoms with Gasteiger partial charge in [-0.3, -0.25) is 4.79 Å². The van der Waals surface area contributed by atoms with Gasteiger partial charge in [0.15, 0.2) is 18.1 Å². The summed E-state index contributed by atoms with van der Waals surface area (Å²) < 4.78 is 31.2. The second-order valence-corrected chi connectivity index (χ2v) is 8.01. The van der Waals surface area contributed by atoms with Crippen LogP contribution in [0.1, 0.15) is 30.9 Å². The van der Waals surface area contributed by atoms with E-state index in [9.17, 15) is 9.18 Å². The molecule has 1 fully saturated rings. The minimum atomic E-state index is -0.346. The van der Waals surface area contributed by atoms with E-state index in [1.807, 2.05) is 6.92 Å². The Hall–Kier alpha value is -2.63.